The van der Waals surface area contributed by atoms with Crippen molar-refractivity contribution in [2.75, 3.05) is 11.9 Å². The molecule has 1 aliphatic rings. The van der Waals surface area contributed by atoms with Gasteiger partial charge in [-0.2, -0.15) is 0 Å². The second kappa shape index (κ2) is 4.72. The van der Waals surface area contributed by atoms with Crippen molar-refractivity contribution in [3.63, 3.8) is 0 Å². The topological polar surface area (TPSA) is 32.3 Å². The number of nitrogens with one attached hydrogen (secondary N) is 1. The van der Waals surface area contributed by atoms with Crippen LogP contribution in [-0.4, -0.2) is 19.0 Å². The first-order valence-electron chi connectivity index (χ1n) is 5.87. The van der Waals surface area contributed by atoms with Gasteiger partial charge in [-0.15, -0.1) is 6.58 Å². The molecule has 3 nitrogen and oxygen atoms in total. The quantitative estimate of drug-likeness (QED) is 0.808. The summed E-state index contributed by atoms with van der Waals surface area (Å²) in [5.41, 5.74) is 2.18. The van der Waals surface area contributed by atoms with Crippen LogP contribution in [0, 0.1) is 0 Å². The van der Waals surface area contributed by atoms with Crippen molar-refractivity contribution in [1.82, 2.24) is 5.32 Å². The number of carbonyl (C=O) groups excluding carboxylic acids is 1. The summed E-state index contributed by atoms with van der Waals surface area (Å²) < 4.78 is 0. The van der Waals surface area contributed by atoms with Gasteiger partial charge in [0.1, 0.15) is 0 Å². The average Bonchev–Trinajstić information content (AvgIpc) is 2.35. The molecule has 1 aromatic rings. The lowest BCUT2D eigenvalue weighted by Gasteiger charge is -2.33. The van der Waals surface area contributed by atoms with Crippen LogP contribution in [-0.2, 0) is 4.79 Å². The zero-order valence-electron chi connectivity index (χ0n) is 10.3. The number of hydrogen-bond acceptors (Lipinski definition) is 2. The minimum absolute atomic E-state index is 0.0860. The predicted octanol–water partition coefficient (Wildman–Crippen LogP) is 2.26. The lowest BCUT2D eigenvalue weighted by Crippen LogP contribution is -2.40. The molecule has 1 aromatic carbocycles. The predicted molar refractivity (Wildman–Crippen MR) is 70.0 cm³/mol. The van der Waals surface area contributed by atoms with Crippen molar-refractivity contribution in [1.29, 1.82) is 0 Å². The molecule has 2 rings (SSSR count). The van der Waals surface area contributed by atoms with Gasteiger partial charge in [0.2, 0.25) is 5.91 Å². The van der Waals surface area contributed by atoms with Gasteiger partial charge in [0.05, 0.1) is 0 Å². The molecule has 17 heavy (non-hydrogen) atoms. The first kappa shape index (κ1) is 11.9. The van der Waals surface area contributed by atoms with Crippen LogP contribution in [0.4, 0.5) is 5.69 Å². The number of amides is 1. The van der Waals surface area contributed by atoms with Crippen LogP contribution in [0.15, 0.2) is 36.9 Å². The van der Waals surface area contributed by atoms with Gasteiger partial charge in [0.15, 0.2) is 0 Å². The Balaban J connectivity index is 2.33. The van der Waals surface area contributed by atoms with Crippen molar-refractivity contribution in [3.05, 3.63) is 42.5 Å². The summed E-state index contributed by atoms with van der Waals surface area (Å²) in [5, 5.41) is 3.41. The fourth-order valence-corrected chi connectivity index (χ4v) is 2.18. The van der Waals surface area contributed by atoms with Crippen LogP contribution in [0.5, 0.6) is 0 Å². The summed E-state index contributed by atoms with van der Waals surface area (Å²) in [5.74, 6) is 0.150. The SMILES string of the molecule is C=CC(C)NC1CC(=O)N(C)c2ccccc21. The Kier molecular flexibility index (Phi) is 3.29. The van der Waals surface area contributed by atoms with E-state index >= 15 is 0 Å². The zero-order chi connectivity index (χ0) is 12.4. The number of anilines is 1. The standard InChI is InChI=1S/C14H18N2O/c1-4-10(2)15-12-9-14(17)16(3)13-8-6-5-7-11(12)13/h4-8,10,12,15H,1,9H2,2-3H3. The smallest absolute Gasteiger partial charge is 0.228 e. The fourth-order valence-electron chi connectivity index (χ4n) is 2.18. The van der Waals surface area contributed by atoms with Crippen molar-refractivity contribution >= 4 is 11.6 Å². The van der Waals surface area contributed by atoms with Crippen molar-refractivity contribution in [3.8, 4) is 0 Å². The van der Waals surface area contributed by atoms with Crippen molar-refractivity contribution in [2.24, 2.45) is 0 Å². The van der Waals surface area contributed by atoms with Gasteiger partial charge >= 0.3 is 0 Å². The second-order valence-corrected chi connectivity index (χ2v) is 4.46. The molecule has 1 amide bonds. The van der Waals surface area contributed by atoms with Gasteiger partial charge in [-0.05, 0) is 18.6 Å². The Hall–Kier alpha value is -1.61. The van der Waals surface area contributed by atoms with E-state index in [-0.39, 0.29) is 18.0 Å². The maximum absolute atomic E-state index is 11.9. The molecule has 0 bridgehead atoms. The summed E-state index contributed by atoms with van der Waals surface area (Å²) in [6, 6.07) is 8.32. The fraction of sp³-hybridized carbons (Fsp3) is 0.357. The number of fused-ring (bicyclic) bond motifs is 1. The van der Waals surface area contributed by atoms with Gasteiger partial charge in [0, 0.05) is 31.2 Å². The summed E-state index contributed by atoms with van der Waals surface area (Å²) in [4.78, 5) is 13.6. The Morgan fingerprint density at radius 1 is 1.53 bits per heavy atom. The van der Waals surface area contributed by atoms with E-state index in [2.05, 4.69) is 18.0 Å². The lowest BCUT2D eigenvalue weighted by atomic mass is 9.95. The molecule has 0 radical (unpaired) electrons. The summed E-state index contributed by atoms with van der Waals surface area (Å²) in [6.45, 7) is 5.80. The van der Waals surface area contributed by atoms with E-state index in [0.717, 1.165) is 5.69 Å². The van der Waals surface area contributed by atoms with E-state index in [4.69, 9.17) is 0 Å². The number of carbonyl (C=O) groups is 1. The van der Waals surface area contributed by atoms with Crippen LogP contribution < -0.4 is 10.2 Å². The van der Waals surface area contributed by atoms with E-state index in [1.165, 1.54) is 5.56 Å². The van der Waals surface area contributed by atoms with E-state index in [9.17, 15) is 4.79 Å². The third kappa shape index (κ3) is 2.24. The van der Waals surface area contributed by atoms with Crippen LogP contribution in [0.3, 0.4) is 0 Å². The molecule has 0 saturated carbocycles. The summed E-state index contributed by atoms with van der Waals surface area (Å²) in [7, 11) is 1.83. The Morgan fingerprint density at radius 3 is 2.94 bits per heavy atom. The number of hydrogen-bond donors (Lipinski definition) is 1. The molecule has 0 aliphatic carbocycles. The number of rotatable bonds is 3. The Labute approximate surface area is 102 Å². The number of benzene rings is 1. The lowest BCUT2D eigenvalue weighted by molar-refractivity contribution is -0.119. The third-order valence-electron chi connectivity index (χ3n) is 3.24. The molecule has 0 fully saturated rings. The Morgan fingerprint density at radius 2 is 2.24 bits per heavy atom. The first-order chi connectivity index (χ1) is 8.13. The highest BCUT2D eigenvalue weighted by Gasteiger charge is 2.28. The largest absolute Gasteiger partial charge is 0.315 e. The second-order valence-electron chi connectivity index (χ2n) is 4.46. The highest BCUT2D eigenvalue weighted by atomic mass is 16.2. The van der Waals surface area contributed by atoms with Crippen LogP contribution in [0.25, 0.3) is 0 Å². The minimum Gasteiger partial charge on any atom is -0.315 e. The number of para-hydroxylation sites is 1. The molecule has 2 unspecified atom stereocenters. The molecule has 0 spiro atoms. The maximum atomic E-state index is 11.9. The molecule has 1 heterocycles. The van der Waals surface area contributed by atoms with Crippen molar-refractivity contribution < 1.29 is 4.79 Å². The third-order valence-corrected chi connectivity index (χ3v) is 3.24. The monoisotopic (exact) mass is 230 g/mol. The van der Waals surface area contributed by atoms with Gasteiger partial charge < -0.3 is 10.2 Å². The highest BCUT2D eigenvalue weighted by Crippen LogP contribution is 2.33. The van der Waals surface area contributed by atoms with Crippen LogP contribution >= 0.6 is 0 Å². The summed E-state index contributed by atoms with van der Waals surface area (Å²) >= 11 is 0. The Bertz CT molecular complexity index is 442. The molecule has 0 saturated heterocycles. The molecule has 1 N–H and O–H groups in total. The first-order valence-corrected chi connectivity index (χ1v) is 5.87. The molecule has 0 aromatic heterocycles. The van der Waals surface area contributed by atoms with Crippen molar-refractivity contribution in [2.45, 2.75) is 25.4 Å². The molecule has 2 atom stereocenters. The molecule has 90 valence electrons. The van der Waals surface area contributed by atoms with E-state index in [1.54, 1.807) is 4.90 Å². The van der Waals surface area contributed by atoms with Gasteiger partial charge in [-0.25, -0.2) is 0 Å². The number of nitrogens with zero attached hydrogens (tertiary/aromatic N) is 1. The average molecular weight is 230 g/mol. The maximum Gasteiger partial charge on any atom is 0.228 e. The minimum atomic E-state index is 0.0860. The van der Waals surface area contributed by atoms with Gasteiger partial charge in [0.25, 0.3) is 0 Å². The van der Waals surface area contributed by atoms with Gasteiger partial charge in [-0.1, -0.05) is 24.3 Å². The van der Waals surface area contributed by atoms with E-state index < -0.39 is 0 Å². The van der Waals surface area contributed by atoms with E-state index in [1.807, 2.05) is 38.2 Å². The normalized spacial score (nSPS) is 20.9. The molecular weight excluding hydrogens is 212 g/mol. The van der Waals surface area contributed by atoms with E-state index in [0.29, 0.717) is 6.42 Å². The van der Waals surface area contributed by atoms with Gasteiger partial charge in [-0.3, -0.25) is 4.79 Å². The molecular formula is C14H18N2O. The summed E-state index contributed by atoms with van der Waals surface area (Å²) in [6.07, 6.45) is 2.36. The zero-order valence-corrected chi connectivity index (χ0v) is 10.3. The molecule has 3 heteroatoms. The molecule has 1 aliphatic heterocycles. The van der Waals surface area contributed by atoms with Crippen LogP contribution in [0.2, 0.25) is 0 Å². The highest BCUT2D eigenvalue weighted by molar-refractivity contribution is 5.96. The van der Waals surface area contributed by atoms with Crippen LogP contribution in [0.1, 0.15) is 24.9 Å².